The van der Waals surface area contributed by atoms with Crippen molar-refractivity contribution in [2.45, 2.75) is 20.0 Å². The molecule has 0 aromatic heterocycles. The van der Waals surface area contributed by atoms with Crippen LogP contribution in [-0.2, 0) is 0 Å². The minimum Gasteiger partial charge on any atom is -0.485 e. The summed E-state index contributed by atoms with van der Waals surface area (Å²) in [7, 11) is 0. The van der Waals surface area contributed by atoms with Crippen molar-refractivity contribution in [3.63, 3.8) is 0 Å². The van der Waals surface area contributed by atoms with Crippen molar-refractivity contribution >= 4 is 0 Å². The van der Waals surface area contributed by atoms with Gasteiger partial charge in [-0.05, 0) is 31.0 Å². The van der Waals surface area contributed by atoms with Gasteiger partial charge in [-0.3, -0.25) is 0 Å². The van der Waals surface area contributed by atoms with Gasteiger partial charge in [0.15, 0.2) is 0 Å². The Kier molecular flexibility index (Phi) is 2.00. The standard InChI is InChI=1S/C15H14O/c1-10-6-5-9-14-15(10)13-8-4-3-7-12(13)11(2)16-14/h3-9,11H,1-2H3. The van der Waals surface area contributed by atoms with Gasteiger partial charge in [-0.15, -0.1) is 0 Å². The zero-order valence-corrected chi connectivity index (χ0v) is 9.53. The molecule has 0 spiro atoms. The summed E-state index contributed by atoms with van der Waals surface area (Å²) in [4.78, 5) is 0. The molecule has 0 saturated heterocycles. The van der Waals surface area contributed by atoms with Crippen LogP contribution >= 0.6 is 0 Å². The Labute approximate surface area is 95.7 Å². The molecule has 80 valence electrons. The van der Waals surface area contributed by atoms with Crippen molar-refractivity contribution in [1.82, 2.24) is 0 Å². The fourth-order valence-corrected chi connectivity index (χ4v) is 2.42. The topological polar surface area (TPSA) is 9.23 Å². The highest BCUT2D eigenvalue weighted by molar-refractivity contribution is 5.78. The summed E-state index contributed by atoms with van der Waals surface area (Å²) >= 11 is 0. The van der Waals surface area contributed by atoms with Crippen LogP contribution in [0.15, 0.2) is 42.5 Å². The zero-order valence-electron chi connectivity index (χ0n) is 9.53. The van der Waals surface area contributed by atoms with Crippen LogP contribution in [0.1, 0.15) is 24.2 Å². The number of rotatable bonds is 0. The van der Waals surface area contributed by atoms with E-state index in [4.69, 9.17) is 4.74 Å². The fourth-order valence-electron chi connectivity index (χ4n) is 2.42. The average Bonchev–Trinajstić information content (AvgIpc) is 2.29. The van der Waals surface area contributed by atoms with Crippen LogP contribution in [0, 0.1) is 6.92 Å². The Morgan fingerprint density at radius 3 is 2.69 bits per heavy atom. The van der Waals surface area contributed by atoms with E-state index in [-0.39, 0.29) is 6.10 Å². The summed E-state index contributed by atoms with van der Waals surface area (Å²) in [6.07, 6.45) is 0.144. The monoisotopic (exact) mass is 210 g/mol. The van der Waals surface area contributed by atoms with E-state index in [2.05, 4.69) is 56.3 Å². The summed E-state index contributed by atoms with van der Waals surface area (Å²) < 4.78 is 5.94. The molecule has 16 heavy (non-hydrogen) atoms. The van der Waals surface area contributed by atoms with Crippen LogP contribution in [0.4, 0.5) is 0 Å². The molecule has 1 unspecified atom stereocenters. The van der Waals surface area contributed by atoms with Gasteiger partial charge in [-0.1, -0.05) is 36.4 Å². The molecule has 0 saturated carbocycles. The number of ether oxygens (including phenoxy) is 1. The lowest BCUT2D eigenvalue weighted by Gasteiger charge is -2.27. The second-order valence-corrected chi connectivity index (χ2v) is 4.30. The molecule has 0 amide bonds. The van der Waals surface area contributed by atoms with Gasteiger partial charge in [0.1, 0.15) is 11.9 Å². The second-order valence-electron chi connectivity index (χ2n) is 4.30. The highest BCUT2D eigenvalue weighted by Crippen LogP contribution is 2.43. The third kappa shape index (κ3) is 1.25. The molecule has 1 aliphatic heterocycles. The number of hydrogen-bond acceptors (Lipinski definition) is 1. The zero-order chi connectivity index (χ0) is 11.1. The lowest BCUT2D eigenvalue weighted by atomic mass is 9.91. The number of aryl methyl sites for hydroxylation is 1. The van der Waals surface area contributed by atoms with Gasteiger partial charge < -0.3 is 4.74 Å². The summed E-state index contributed by atoms with van der Waals surface area (Å²) in [6, 6.07) is 14.7. The molecule has 2 aromatic carbocycles. The van der Waals surface area contributed by atoms with Crippen molar-refractivity contribution in [1.29, 1.82) is 0 Å². The Morgan fingerprint density at radius 2 is 1.81 bits per heavy atom. The first-order chi connectivity index (χ1) is 7.77. The van der Waals surface area contributed by atoms with E-state index >= 15 is 0 Å². The lowest BCUT2D eigenvalue weighted by Crippen LogP contribution is -2.11. The Hall–Kier alpha value is -1.76. The van der Waals surface area contributed by atoms with Crippen molar-refractivity contribution in [2.75, 3.05) is 0 Å². The van der Waals surface area contributed by atoms with E-state index in [0.29, 0.717) is 0 Å². The van der Waals surface area contributed by atoms with E-state index in [1.54, 1.807) is 0 Å². The van der Waals surface area contributed by atoms with E-state index < -0.39 is 0 Å². The molecule has 0 fully saturated rings. The van der Waals surface area contributed by atoms with E-state index in [0.717, 1.165) is 5.75 Å². The number of hydrogen-bond donors (Lipinski definition) is 0. The quantitative estimate of drug-likeness (QED) is 0.635. The molecule has 1 heterocycles. The van der Waals surface area contributed by atoms with Crippen molar-refractivity contribution in [3.8, 4) is 16.9 Å². The predicted molar refractivity (Wildman–Crippen MR) is 65.7 cm³/mol. The average molecular weight is 210 g/mol. The largest absolute Gasteiger partial charge is 0.485 e. The number of benzene rings is 2. The first-order valence-electron chi connectivity index (χ1n) is 5.63. The van der Waals surface area contributed by atoms with Gasteiger partial charge in [0, 0.05) is 11.1 Å². The maximum Gasteiger partial charge on any atom is 0.128 e. The summed E-state index contributed by atoms with van der Waals surface area (Å²) in [6.45, 7) is 4.24. The van der Waals surface area contributed by atoms with Crippen LogP contribution < -0.4 is 4.74 Å². The molecule has 0 N–H and O–H groups in total. The van der Waals surface area contributed by atoms with Crippen molar-refractivity contribution < 1.29 is 4.74 Å². The van der Waals surface area contributed by atoms with Crippen LogP contribution in [0.2, 0.25) is 0 Å². The van der Waals surface area contributed by atoms with Crippen molar-refractivity contribution in [2.24, 2.45) is 0 Å². The molecule has 0 bridgehead atoms. The predicted octanol–water partition coefficient (Wildman–Crippen LogP) is 4.12. The maximum absolute atomic E-state index is 5.94. The smallest absolute Gasteiger partial charge is 0.128 e. The Bertz CT molecular complexity index is 543. The summed E-state index contributed by atoms with van der Waals surface area (Å²) in [5.74, 6) is 1.01. The van der Waals surface area contributed by atoms with E-state index in [9.17, 15) is 0 Å². The molecule has 0 aliphatic carbocycles. The third-order valence-electron chi connectivity index (χ3n) is 3.21. The molecular formula is C15H14O. The van der Waals surface area contributed by atoms with E-state index in [1.165, 1.54) is 22.3 Å². The molecule has 1 atom stereocenters. The number of fused-ring (bicyclic) bond motifs is 3. The van der Waals surface area contributed by atoms with Gasteiger partial charge in [0.25, 0.3) is 0 Å². The summed E-state index contributed by atoms with van der Waals surface area (Å²) in [5, 5.41) is 0. The minimum atomic E-state index is 0.144. The third-order valence-corrected chi connectivity index (χ3v) is 3.21. The van der Waals surface area contributed by atoms with Gasteiger partial charge >= 0.3 is 0 Å². The molecule has 3 rings (SSSR count). The highest BCUT2D eigenvalue weighted by atomic mass is 16.5. The van der Waals surface area contributed by atoms with Crippen LogP contribution in [0.5, 0.6) is 5.75 Å². The molecule has 1 nitrogen and oxygen atoms in total. The molecule has 1 aliphatic rings. The van der Waals surface area contributed by atoms with Gasteiger partial charge in [0.05, 0.1) is 0 Å². The SMILES string of the molecule is Cc1cccc2c1-c1ccccc1C(C)O2. The molecule has 0 radical (unpaired) electrons. The van der Waals surface area contributed by atoms with E-state index in [1.807, 2.05) is 0 Å². The first kappa shape index (κ1) is 9.46. The Balaban J connectivity index is 2.34. The normalized spacial score (nSPS) is 17.2. The maximum atomic E-state index is 5.94. The van der Waals surface area contributed by atoms with Gasteiger partial charge in [-0.2, -0.15) is 0 Å². The molecule has 2 aromatic rings. The van der Waals surface area contributed by atoms with Gasteiger partial charge in [-0.25, -0.2) is 0 Å². The molecular weight excluding hydrogens is 196 g/mol. The highest BCUT2D eigenvalue weighted by Gasteiger charge is 2.23. The van der Waals surface area contributed by atoms with Crippen LogP contribution in [0.3, 0.4) is 0 Å². The second kappa shape index (κ2) is 3.38. The van der Waals surface area contributed by atoms with Gasteiger partial charge in [0.2, 0.25) is 0 Å². The molecule has 1 heteroatoms. The first-order valence-corrected chi connectivity index (χ1v) is 5.63. The summed E-state index contributed by atoms with van der Waals surface area (Å²) in [5.41, 5.74) is 5.12. The fraction of sp³-hybridized carbons (Fsp3) is 0.200. The Morgan fingerprint density at radius 1 is 1.00 bits per heavy atom. The van der Waals surface area contributed by atoms with Crippen LogP contribution in [-0.4, -0.2) is 0 Å². The minimum absolute atomic E-state index is 0.144. The lowest BCUT2D eigenvalue weighted by molar-refractivity contribution is 0.223. The van der Waals surface area contributed by atoms with Crippen molar-refractivity contribution in [3.05, 3.63) is 53.6 Å². The van der Waals surface area contributed by atoms with Crippen LogP contribution in [0.25, 0.3) is 11.1 Å².